The zero-order valence-corrected chi connectivity index (χ0v) is 5.84. The molecule has 0 aromatic rings. The van der Waals surface area contributed by atoms with Crippen LogP contribution in [0.5, 0.6) is 0 Å². The molecule has 0 aromatic carbocycles. The van der Waals surface area contributed by atoms with Crippen molar-refractivity contribution in [3.8, 4) is 12.1 Å². The first-order chi connectivity index (χ1) is 2.91. The number of nitriles is 2. The molecule has 0 N–H and O–H groups in total. The van der Waals surface area contributed by atoms with E-state index in [-0.39, 0.29) is 29.6 Å². The van der Waals surface area contributed by atoms with Crippen molar-refractivity contribution in [1.29, 1.82) is 15.8 Å². The number of rotatable bonds is 0. The molecule has 0 heterocycles. The van der Waals surface area contributed by atoms with Gasteiger partial charge in [-0.1, -0.05) is 0 Å². The molecule has 3 nitrogen and oxygen atoms in total. The maximum atomic E-state index is 7.26. The summed E-state index contributed by atoms with van der Waals surface area (Å²) in [6.45, 7) is 4.75. The number of hydrogen-bond donors (Lipinski definition) is 0. The predicted molar refractivity (Wildman–Crippen MR) is 16.2 cm³/mol. The molecule has 0 fully saturated rings. The van der Waals surface area contributed by atoms with Gasteiger partial charge in [0.05, 0.1) is 0 Å². The molecular formula is C3N3Na. The monoisotopic (exact) mass is 101 g/mol. The van der Waals surface area contributed by atoms with Gasteiger partial charge in [-0.25, -0.2) is 0 Å². The van der Waals surface area contributed by atoms with Gasteiger partial charge in [-0.3, -0.25) is 0 Å². The van der Waals surface area contributed by atoms with Crippen LogP contribution in [0.15, 0.2) is 0 Å². The summed E-state index contributed by atoms with van der Waals surface area (Å²) in [7, 11) is 0. The Morgan fingerprint density at radius 3 is 1.14 bits per heavy atom. The van der Waals surface area contributed by atoms with Crippen molar-refractivity contribution in [3.05, 3.63) is 6.57 Å². The Morgan fingerprint density at radius 1 is 1.00 bits per heavy atom. The molecule has 0 aliphatic rings. The fourth-order valence-electron chi connectivity index (χ4n) is 0. The van der Waals surface area contributed by atoms with Gasteiger partial charge in [-0.05, 0) is 0 Å². The number of nitrogens with zero attached hydrogens (tertiary/aromatic N) is 3. The Morgan fingerprint density at radius 2 is 1.14 bits per heavy atom. The second-order valence-corrected chi connectivity index (χ2v) is 0.224. The molecule has 0 aliphatic carbocycles. The van der Waals surface area contributed by atoms with Gasteiger partial charge in [-0.2, -0.15) is 10.5 Å². The molecule has 0 unspecified atom stereocenters. The topological polar surface area (TPSA) is 71.4 Å². The quantitative estimate of drug-likeness (QED) is 0.243. The first-order valence-corrected chi connectivity index (χ1v) is 0.921. The van der Waals surface area contributed by atoms with Crippen molar-refractivity contribution < 1.29 is 29.6 Å². The summed E-state index contributed by atoms with van der Waals surface area (Å²) in [5.74, 6) is 0. The molecule has 28 valence electrons. The molecule has 4 heteroatoms. The molecule has 0 spiro atoms. The van der Waals surface area contributed by atoms with E-state index in [1.807, 2.05) is 0 Å². The maximum absolute atomic E-state index is 7.26. The van der Waals surface area contributed by atoms with Crippen LogP contribution in [0.1, 0.15) is 0 Å². The minimum absolute atomic E-state index is 0. The van der Waals surface area contributed by atoms with Crippen LogP contribution >= 0.6 is 0 Å². The smallest absolute Gasteiger partial charge is 0.512 e. The molecular weight excluding hydrogens is 101 g/mol. The summed E-state index contributed by atoms with van der Waals surface area (Å²) in [4.78, 5) is 0. The van der Waals surface area contributed by atoms with Gasteiger partial charge in [0.1, 0.15) is 0 Å². The molecule has 0 rings (SSSR count). The van der Waals surface area contributed by atoms with Crippen LogP contribution in [0.3, 0.4) is 0 Å². The summed E-state index contributed by atoms with van der Waals surface area (Å²) in [5, 5.41) is 20.8. The van der Waals surface area contributed by atoms with E-state index < -0.39 is 0 Å². The third-order valence-corrected chi connectivity index (χ3v) is 0.0500. The molecule has 0 bridgehead atoms. The van der Waals surface area contributed by atoms with Crippen LogP contribution < -0.4 is 29.6 Å². The van der Waals surface area contributed by atoms with Gasteiger partial charge in [0, 0.05) is 0 Å². The maximum Gasteiger partial charge on any atom is 1.00 e. The van der Waals surface area contributed by atoms with E-state index in [4.69, 9.17) is 22.4 Å². The molecule has 0 aromatic heterocycles. The summed E-state index contributed by atoms with van der Waals surface area (Å²) in [5.41, 5.74) is 0. The van der Waals surface area contributed by atoms with E-state index in [2.05, 4.69) is 0 Å². The fourth-order valence-corrected chi connectivity index (χ4v) is 0. The van der Waals surface area contributed by atoms with E-state index in [0.717, 1.165) is 0 Å². The molecule has 0 atom stereocenters. The summed E-state index contributed by atoms with van der Waals surface area (Å²) >= 11 is 0. The minimum Gasteiger partial charge on any atom is -0.512 e. The second-order valence-electron chi connectivity index (χ2n) is 0.224. The van der Waals surface area contributed by atoms with Crippen LogP contribution in [-0.4, -0.2) is 0 Å². The van der Waals surface area contributed by atoms with E-state index in [1.165, 1.54) is 12.1 Å². The largest absolute Gasteiger partial charge is 1.00 e. The summed E-state index contributed by atoms with van der Waals surface area (Å²) in [6.07, 6.45) is 0. The predicted octanol–water partition coefficient (Wildman–Crippen LogP) is -2.87. The van der Waals surface area contributed by atoms with Crippen LogP contribution in [0.4, 0.5) is 0 Å². The van der Waals surface area contributed by atoms with Gasteiger partial charge in [0.25, 0.3) is 0 Å². The van der Waals surface area contributed by atoms with Crippen molar-refractivity contribution >= 4 is 0 Å². The molecule has 0 amide bonds. The first kappa shape index (κ1) is 16.1. The fraction of sp³-hybridized carbons (Fsp3) is 0. The molecule has 0 saturated heterocycles. The SMILES string of the molecule is N#CC#N.[C-]#N.[Na+]. The van der Waals surface area contributed by atoms with Gasteiger partial charge < -0.3 is 11.8 Å². The Hall–Kier alpha value is -0.530. The molecule has 7 heavy (non-hydrogen) atoms. The van der Waals surface area contributed by atoms with E-state index in [1.54, 1.807) is 0 Å². The Balaban J connectivity index is -0.0000000480. The molecule has 0 saturated carbocycles. The normalized spacial score (nSPS) is 1.71. The molecule has 0 radical (unpaired) electrons. The van der Waals surface area contributed by atoms with Crippen molar-refractivity contribution in [3.63, 3.8) is 0 Å². The van der Waals surface area contributed by atoms with Gasteiger partial charge in [-0.15, -0.1) is 0 Å². The van der Waals surface area contributed by atoms with Crippen LogP contribution in [-0.2, 0) is 0 Å². The van der Waals surface area contributed by atoms with Gasteiger partial charge in [0.2, 0.25) is 0 Å². The van der Waals surface area contributed by atoms with Crippen LogP contribution in [0, 0.1) is 34.5 Å². The zero-order valence-electron chi connectivity index (χ0n) is 3.84. The third-order valence-electron chi connectivity index (χ3n) is 0.0500. The van der Waals surface area contributed by atoms with Gasteiger partial charge in [0.15, 0.2) is 12.1 Å². The average Bonchev–Trinajstić information content (AvgIpc) is 1.72. The summed E-state index contributed by atoms with van der Waals surface area (Å²) < 4.78 is 0. The second kappa shape index (κ2) is 50.6. The average molecular weight is 101 g/mol. The standard InChI is InChI=1S/C2N2.CN.Na/c3-1-2-4;1-2;/q;-1;+1. The van der Waals surface area contributed by atoms with Crippen molar-refractivity contribution in [1.82, 2.24) is 0 Å². The Kier molecular flexibility index (Phi) is 116. The Labute approximate surface area is 64.1 Å². The van der Waals surface area contributed by atoms with E-state index in [9.17, 15) is 0 Å². The van der Waals surface area contributed by atoms with Crippen molar-refractivity contribution in [2.45, 2.75) is 0 Å². The van der Waals surface area contributed by atoms with E-state index >= 15 is 0 Å². The Bertz CT molecular complexity index is 91.6. The minimum atomic E-state index is 0. The third kappa shape index (κ3) is 298. The summed E-state index contributed by atoms with van der Waals surface area (Å²) in [6, 6.07) is 2.47. The molecule has 0 aliphatic heterocycles. The van der Waals surface area contributed by atoms with E-state index in [0.29, 0.717) is 0 Å². The van der Waals surface area contributed by atoms with Crippen molar-refractivity contribution in [2.75, 3.05) is 0 Å². The van der Waals surface area contributed by atoms with Crippen molar-refractivity contribution in [2.24, 2.45) is 0 Å². The van der Waals surface area contributed by atoms with Crippen LogP contribution in [0.25, 0.3) is 0 Å². The van der Waals surface area contributed by atoms with Crippen LogP contribution in [0.2, 0.25) is 0 Å². The first-order valence-electron chi connectivity index (χ1n) is 0.921. The zero-order chi connectivity index (χ0) is 5.41. The van der Waals surface area contributed by atoms with Gasteiger partial charge >= 0.3 is 29.6 Å². The number of hydrogen-bond acceptors (Lipinski definition) is 3.